The molecule has 4 heteroatoms. The Hall–Kier alpha value is -1.39. The molecular formula is C20H29NO3. The lowest BCUT2D eigenvalue weighted by atomic mass is 9.60. The van der Waals surface area contributed by atoms with E-state index in [2.05, 4.69) is 39.8 Å². The molecule has 1 N–H and O–H groups in total. The SMILES string of the molecule is CC1=C2C[C@@]3(C)C(=C[C@@H](OCC(C)C)[C@H](O)[C@@H]3C)C=C2N(C)C1=O. The Morgan fingerprint density at radius 3 is 2.75 bits per heavy atom. The molecule has 0 bridgehead atoms. The van der Waals surface area contributed by atoms with Gasteiger partial charge in [0.15, 0.2) is 0 Å². The van der Waals surface area contributed by atoms with Crippen LogP contribution in [-0.4, -0.2) is 41.8 Å². The van der Waals surface area contributed by atoms with Gasteiger partial charge in [-0.2, -0.15) is 0 Å². The lowest BCUT2D eigenvalue weighted by molar-refractivity contribution is -0.123. The van der Waals surface area contributed by atoms with Gasteiger partial charge in [0, 0.05) is 30.3 Å². The van der Waals surface area contributed by atoms with Crippen molar-refractivity contribution in [1.29, 1.82) is 0 Å². The van der Waals surface area contributed by atoms with Gasteiger partial charge in [0.1, 0.15) is 6.10 Å². The first-order valence-corrected chi connectivity index (χ1v) is 8.88. The topological polar surface area (TPSA) is 49.8 Å². The molecule has 2 aliphatic carbocycles. The third-order valence-corrected chi connectivity index (χ3v) is 6.06. The second-order valence-electron chi connectivity index (χ2n) is 8.18. The van der Waals surface area contributed by atoms with Gasteiger partial charge in [-0.25, -0.2) is 0 Å². The number of carbonyl (C=O) groups excluding carboxylic acids is 1. The number of nitrogens with zero attached hydrogens (tertiary/aromatic N) is 1. The minimum absolute atomic E-state index is 0.0637. The van der Waals surface area contributed by atoms with Crippen LogP contribution in [0.2, 0.25) is 0 Å². The van der Waals surface area contributed by atoms with Crippen molar-refractivity contribution in [3.8, 4) is 0 Å². The lowest BCUT2D eigenvalue weighted by Crippen LogP contribution is -2.48. The van der Waals surface area contributed by atoms with Gasteiger partial charge < -0.3 is 14.7 Å². The summed E-state index contributed by atoms with van der Waals surface area (Å²) in [6, 6.07) is 0. The molecule has 132 valence electrons. The minimum atomic E-state index is -0.525. The van der Waals surface area contributed by atoms with Gasteiger partial charge in [-0.15, -0.1) is 0 Å². The van der Waals surface area contributed by atoms with Crippen LogP contribution in [0.15, 0.2) is 34.6 Å². The molecule has 0 radical (unpaired) electrons. The fourth-order valence-electron chi connectivity index (χ4n) is 4.12. The van der Waals surface area contributed by atoms with Crippen molar-refractivity contribution in [2.24, 2.45) is 17.3 Å². The van der Waals surface area contributed by atoms with E-state index in [1.165, 1.54) is 5.57 Å². The molecule has 3 aliphatic rings. The number of ether oxygens (including phenoxy) is 1. The number of carbonyl (C=O) groups is 1. The zero-order valence-corrected chi connectivity index (χ0v) is 15.6. The molecular weight excluding hydrogens is 302 g/mol. The van der Waals surface area contributed by atoms with E-state index < -0.39 is 6.10 Å². The molecule has 4 nitrogen and oxygen atoms in total. The maximum atomic E-state index is 12.3. The zero-order chi connectivity index (χ0) is 17.8. The highest BCUT2D eigenvalue weighted by molar-refractivity contribution is 6.00. The Balaban J connectivity index is 2.02. The standard InChI is InChI=1S/C20H29NO3/c1-11(2)10-24-17-8-14-7-16-15(12(3)19(23)21(16)6)9-20(14,5)13(4)18(17)22/h7-8,11,13,17-18,22H,9-10H2,1-6H3/t13-,17+,18+,20+/m0/s1. The van der Waals surface area contributed by atoms with Gasteiger partial charge in [0.05, 0.1) is 6.10 Å². The number of allylic oxidation sites excluding steroid dienone is 3. The van der Waals surface area contributed by atoms with Crippen molar-refractivity contribution in [3.63, 3.8) is 0 Å². The third-order valence-electron chi connectivity index (χ3n) is 6.06. The van der Waals surface area contributed by atoms with Crippen LogP contribution in [0.4, 0.5) is 0 Å². The summed E-state index contributed by atoms with van der Waals surface area (Å²) in [4.78, 5) is 14.0. The van der Waals surface area contributed by atoms with Gasteiger partial charge in [-0.05, 0) is 48.5 Å². The number of hydrogen-bond acceptors (Lipinski definition) is 3. The normalized spacial score (nSPS) is 35.9. The van der Waals surface area contributed by atoms with E-state index in [9.17, 15) is 9.90 Å². The predicted octanol–water partition coefficient (Wildman–Crippen LogP) is 3.05. The van der Waals surface area contributed by atoms with Gasteiger partial charge in [-0.1, -0.05) is 27.7 Å². The molecule has 0 aromatic heterocycles. The summed E-state index contributed by atoms with van der Waals surface area (Å²) in [5, 5.41) is 10.8. The maximum absolute atomic E-state index is 12.3. The summed E-state index contributed by atoms with van der Waals surface area (Å²) in [6.45, 7) is 11.1. The number of hydrogen-bond donors (Lipinski definition) is 1. The number of aliphatic hydroxyl groups excluding tert-OH is 1. The Bertz CT molecular complexity index is 658. The van der Waals surface area contributed by atoms with E-state index in [4.69, 9.17) is 4.74 Å². The third kappa shape index (κ3) is 2.47. The molecule has 0 spiro atoms. The first-order valence-electron chi connectivity index (χ1n) is 8.88. The molecule has 3 rings (SSSR count). The summed E-state index contributed by atoms with van der Waals surface area (Å²) in [7, 11) is 1.84. The molecule has 1 amide bonds. The molecule has 0 saturated heterocycles. The molecule has 1 heterocycles. The van der Waals surface area contributed by atoms with Crippen LogP contribution in [0.25, 0.3) is 0 Å². The summed E-state index contributed by atoms with van der Waals surface area (Å²) in [6.07, 6.45) is 4.19. The van der Waals surface area contributed by atoms with Crippen LogP contribution in [0, 0.1) is 17.3 Å². The minimum Gasteiger partial charge on any atom is -0.390 e. The van der Waals surface area contributed by atoms with E-state index in [0.29, 0.717) is 12.5 Å². The number of fused-ring (bicyclic) bond motifs is 2. The zero-order valence-electron chi connectivity index (χ0n) is 15.6. The average Bonchev–Trinajstić information content (AvgIpc) is 2.73. The summed E-state index contributed by atoms with van der Waals surface area (Å²) in [5.74, 6) is 0.577. The fraction of sp³-hybridized carbons (Fsp3) is 0.650. The van der Waals surface area contributed by atoms with E-state index in [1.54, 1.807) is 4.90 Å². The molecule has 0 unspecified atom stereocenters. The second kappa shape index (κ2) is 5.85. The average molecular weight is 331 g/mol. The smallest absolute Gasteiger partial charge is 0.254 e. The number of aliphatic hydroxyl groups is 1. The summed E-state index contributed by atoms with van der Waals surface area (Å²) >= 11 is 0. The van der Waals surface area contributed by atoms with Crippen LogP contribution >= 0.6 is 0 Å². The quantitative estimate of drug-likeness (QED) is 0.865. The van der Waals surface area contributed by atoms with Crippen LogP contribution < -0.4 is 0 Å². The van der Waals surface area contributed by atoms with Crippen LogP contribution in [0.5, 0.6) is 0 Å². The van der Waals surface area contributed by atoms with Gasteiger partial charge in [-0.3, -0.25) is 4.79 Å². The Kier molecular flexibility index (Phi) is 4.25. The van der Waals surface area contributed by atoms with Gasteiger partial charge >= 0.3 is 0 Å². The van der Waals surface area contributed by atoms with Gasteiger partial charge in [0.2, 0.25) is 0 Å². The Labute approximate surface area is 144 Å². The van der Waals surface area contributed by atoms with Crippen molar-refractivity contribution in [3.05, 3.63) is 34.6 Å². The largest absolute Gasteiger partial charge is 0.390 e. The van der Waals surface area contributed by atoms with Crippen LogP contribution in [-0.2, 0) is 9.53 Å². The highest BCUT2D eigenvalue weighted by Gasteiger charge is 2.49. The molecule has 0 aromatic carbocycles. The van der Waals surface area contributed by atoms with Crippen molar-refractivity contribution in [1.82, 2.24) is 4.90 Å². The Morgan fingerprint density at radius 1 is 1.46 bits per heavy atom. The van der Waals surface area contributed by atoms with E-state index >= 15 is 0 Å². The van der Waals surface area contributed by atoms with Crippen molar-refractivity contribution in [2.45, 2.75) is 53.2 Å². The summed E-state index contributed by atoms with van der Waals surface area (Å²) in [5.41, 5.74) is 3.99. The molecule has 1 aliphatic heterocycles. The molecule has 0 aromatic rings. The van der Waals surface area contributed by atoms with E-state index in [-0.39, 0.29) is 23.3 Å². The lowest BCUT2D eigenvalue weighted by Gasteiger charge is -2.48. The first kappa shape index (κ1) is 17.4. The summed E-state index contributed by atoms with van der Waals surface area (Å²) < 4.78 is 5.95. The number of amides is 1. The van der Waals surface area contributed by atoms with Crippen molar-refractivity contribution in [2.75, 3.05) is 13.7 Å². The van der Waals surface area contributed by atoms with E-state index in [1.807, 2.05) is 14.0 Å². The molecule has 24 heavy (non-hydrogen) atoms. The van der Waals surface area contributed by atoms with Crippen molar-refractivity contribution >= 4 is 5.91 Å². The first-order chi connectivity index (χ1) is 11.2. The number of likely N-dealkylation sites (N-methyl/N-ethyl adjacent to an activating group) is 1. The number of rotatable bonds is 3. The monoisotopic (exact) mass is 331 g/mol. The highest BCUT2D eigenvalue weighted by atomic mass is 16.5. The fourth-order valence-corrected chi connectivity index (χ4v) is 4.12. The predicted molar refractivity (Wildman–Crippen MR) is 94.1 cm³/mol. The molecule has 4 atom stereocenters. The second-order valence-corrected chi connectivity index (χ2v) is 8.18. The molecule has 0 saturated carbocycles. The van der Waals surface area contributed by atoms with Crippen molar-refractivity contribution < 1.29 is 14.6 Å². The Morgan fingerprint density at radius 2 is 2.12 bits per heavy atom. The molecule has 0 fully saturated rings. The highest BCUT2D eigenvalue weighted by Crippen LogP contribution is 2.53. The van der Waals surface area contributed by atoms with Crippen LogP contribution in [0.3, 0.4) is 0 Å². The maximum Gasteiger partial charge on any atom is 0.254 e. The van der Waals surface area contributed by atoms with Crippen LogP contribution in [0.1, 0.15) is 41.0 Å². The van der Waals surface area contributed by atoms with Gasteiger partial charge in [0.25, 0.3) is 5.91 Å². The van der Waals surface area contributed by atoms with E-state index in [0.717, 1.165) is 23.3 Å².